The summed E-state index contributed by atoms with van der Waals surface area (Å²) in [5.41, 5.74) is 3.21. The first-order valence-corrected chi connectivity index (χ1v) is 7.19. The molecule has 3 heterocycles. The van der Waals surface area contributed by atoms with Gasteiger partial charge >= 0.3 is 5.97 Å². The maximum atomic E-state index is 10.8. The average molecular weight is 304 g/mol. The smallest absolute Gasteiger partial charge is 0.313 e. The van der Waals surface area contributed by atoms with Crippen molar-refractivity contribution in [3.63, 3.8) is 0 Å². The second kappa shape index (κ2) is 5.57. The summed E-state index contributed by atoms with van der Waals surface area (Å²) in [4.78, 5) is 19.6. The molecule has 0 bridgehead atoms. The molecule has 0 radical (unpaired) electrons. The van der Waals surface area contributed by atoms with Gasteiger partial charge in [0.05, 0.1) is 12.3 Å². The molecule has 0 amide bonds. The monoisotopic (exact) mass is 304 g/mol. The zero-order valence-corrected chi connectivity index (χ0v) is 12.0. The molecule has 0 aliphatic carbocycles. The van der Waals surface area contributed by atoms with E-state index >= 15 is 0 Å². The van der Waals surface area contributed by atoms with Crippen LogP contribution in [0.25, 0.3) is 11.2 Å². The predicted octanol–water partition coefficient (Wildman–Crippen LogP) is 1.95. The van der Waals surface area contributed by atoms with E-state index in [1.165, 1.54) is 18.0 Å². The van der Waals surface area contributed by atoms with Gasteiger partial charge in [0, 0.05) is 12.3 Å². The summed E-state index contributed by atoms with van der Waals surface area (Å²) in [5, 5.41) is 13.3. The predicted molar refractivity (Wildman–Crippen MR) is 76.2 cm³/mol. The number of carbonyl (C=O) groups is 1. The van der Waals surface area contributed by atoms with E-state index in [1.807, 2.05) is 17.6 Å². The van der Waals surface area contributed by atoms with E-state index in [9.17, 15) is 4.79 Å². The number of rotatable bonds is 5. The summed E-state index contributed by atoms with van der Waals surface area (Å²) in [6, 6.07) is 3.63. The van der Waals surface area contributed by atoms with Crippen molar-refractivity contribution in [2.45, 2.75) is 18.6 Å². The van der Waals surface area contributed by atoms with Crippen LogP contribution >= 0.6 is 11.8 Å². The van der Waals surface area contributed by atoms with Gasteiger partial charge in [-0.1, -0.05) is 16.9 Å². The second-order valence-corrected chi connectivity index (χ2v) is 5.40. The van der Waals surface area contributed by atoms with E-state index in [2.05, 4.69) is 15.1 Å². The molecule has 0 fully saturated rings. The summed E-state index contributed by atoms with van der Waals surface area (Å²) in [6.45, 7) is 2.38. The minimum atomic E-state index is -0.885. The number of imidazole rings is 1. The maximum absolute atomic E-state index is 10.8. The van der Waals surface area contributed by atoms with Gasteiger partial charge in [0.2, 0.25) is 0 Å². The molecule has 3 aromatic heterocycles. The maximum Gasteiger partial charge on any atom is 0.313 e. The van der Waals surface area contributed by atoms with Crippen molar-refractivity contribution in [1.82, 2.24) is 19.7 Å². The first kappa shape index (κ1) is 13.6. The Hall–Kier alpha value is -2.35. The van der Waals surface area contributed by atoms with Crippen LogP contribution in [-0.2, 0) is 11.3 Å². The van der Waals surface area contributed by atoms with Crippen LogP contribution < -0.4 is 0 Å². The Morgan fingerprint density at radius 3 is 3.05 bits per heavy atom. The number of aliphatic carboxylic acids is 1. The van der Waals surface area contributed by atoms with Crippen molar-refractivity contribution in [3.05, 3.63) is 35.9 Å². The molecule has 108 valence electrons. The lowest BCUT2D eigenvalue weighted by Crippen LogP contribution is -2.05. The number of hydrogen-bond acceptors (Lipinski definition) is 6. The Labute approximate surface area is 124 Å². The number of thioether (sulfide) groups is 1. The van der Waals surface area contributed by atoms with Crippen LogP contribution in [0.4, 0.5) is 0 Å². The molecule has 0 atom stereocenters. The standard InChI is InChI=1S/C13H12N4O3S/c1-8-2-4-14-12-11(8)15-13(21-7-10(18)19)17(12)6-9-3-5-20-16-9/h2-5H,6-7H2,1H3,(H,18,19). The van der Waals surface area contributed by atoms with E-state index in [1.54, 1.807) is 12.3 Å². The van der Waals surface area contributed by atoms with E-state index in [0.29, 0.717) is 17.3 Å². The van der Waals surface area contributed by atoms with E-state index in [-0.39, 0.29) is 5.75 Å². The van der Waals surface area contributed by atoms with Crippen molar-refractivity contribution >= 4 is 28.9 Å². The number of carboxylic acid groups (broad SMARTS) is 1. The minimum absolute atomic E-state index is 0.0544. The highest BCUT2D eigenvalue weighted by atomic mass is 32.2. The molecule has 8 heteroatoms. The van der Waals surface area contributed by atoms with E-state index in [4.69, 9.17) is 9.63 Å². The molecule has 0 unspecified atom stereocenters. The number of carboxylic acids is 1. The summed E-state index contributed by atoms with van der Waals surface area (Å²) >= 11 is 1.17. The Bertz CT molecular complexity index is 782. The van der Waals surface area contributed by atoms with Gasteiger partial charge in [-0.15, -0.1) is 0 Å². The molecule has 0 spiro atoms. The summed E-state index contributed by atoms with van der Waals surface area (Å²) in [6.07, 6.45) is 3.21. The highest BCUT2D eigenvalue weighted by Crippen LogP contribution is 2.25. The molecule has 21 heavy (non-hydrogen) atoms. The highest BCUT2D eigenvalue weighted by molar-refractivity contribution is 7.99. The molecule has 7 nitrogen and oxygen atoms in total. The lowest BCUT2D eigenvalue weighted by atomic mass is 10.3. The Morgan fingerprint density at radius 1 is 1.48 bits per heavy atom. The molecular weight excluding hydrogens is 292 g/mol. The fourth-order valence-electron chi connectivity index (χ4n) is 1.98. The largest absolute Gasteiger partial charge is 0.481 e. The van der Waals surface area contributed by atoms with Crippen LogP contribution in [0.1, 0.15) is 11.3 Å². The van der Waals surface area contributed by atoms with Crippen molar-refractivity contribution < 1.29 is 14.4 Å². The topological polar surface area (TPSA) is 94.0 Å². The van der Waals surface area contributed by atoms with Crippen LogP contribution in [-0.4, -0.2) is 36.5 Å². The van der Waals surface area contributed by atoms with Gasteiger partial charge in [-0.2, -0.15) is 0 Å². The van der Waals surface area contributed by atoms with Gasteiger partial charge < -0.3 is 9.63 Å². The lowest BCUT2D eigenvalue weighted by molar-refractivity contribution is -0.133. The molecular formula is C13H12N4O3S. The van der Waals surface area contributed by atoms with E-state index in [0.717, 1.165) is 16.8 Å². The number of hydrogen-bond donors (Lipinski definition) is 1. The Balaban J connectivity index is 2.06. The SMILES string of the molecule is Cc1ccnc2c1nc(SCC(=O)O)n2Cc1ccon1. The quantitative estimate of drug-likeness (QED) is 0.720. The molecule has 0 aromatic carbocycles. The van der Waals surface area contributed by atoms with Gasteiger partial charge in [-0.3, -0.25) is 9.36 Å². The van der Waals surface area contributed by atoms with Gasteiger partial charge in [0.1, 0.15) is 17.5 Å². The highest BCUT2D eigenvalue weighted by Gasteiger charge is 2.16. The van der Waals surface area contributed by atoms with Crippen molar-refractivity contribution in [3.8, 4) is 0 Å². The van der Waals surface area contributed by atoms with Crippen LogP contribution in [0.15, 0.2) is 34.3 Å². The van der Waals surface area contributed by atoms with Gasteiger partial charge in [-0.25, -0.2) is 9.97 Å². The Morgan fingerprint density at radius 2 is 2.33 bits per heavy atom. The third-order valence-electron chi connectivity index (χ3n) is 2.94. The zero-order chi connectivity index (χ0) is 14.8. The first-order chi connectivity index (χ1) is 10.1. The number of nitrogens with zero attached hydrogens (tertiary/aromatic N) is 4. The van der Waals surface area contributed by atoms with Crippen LogP contribution in [0.5, 0.6) is 0 Å². The van der Waals surface area contributed by atoms with Gasteiger partial charge in [0.25, 0.3) is 0 Å². The van der Waals surface area contributed by atoms with Crippen LogP contribution in [0.2, 0.25) is 0 Å². The lowest BCUT2D eigenvalue weighted by Gasteiger charge is -2.05. The average Bonchev–Trinajstić information content (AvgIpc) is 3.07. The number of aryl methyl sites for hydroxylation is 1. The van der Waals surface area contributed by atoms with Crippen molar-refractivity contribution in [2.24, 2.45) is 0 Å². The number of fused-ring (bicyclic) bond motifs is 1. The van der Waals surface area contributed by atoms with Gasteiger partial charge in [-0.05, 0) is 18.6 Å². The Kier molecular flexibility index (Phi) is 3.61. The zero-order valence-electron chi connectivity index (χ0n) is 11.2. The fourth-order valence-corrected chi connectivity index (χ4v) is 2.69. The second-order valence-electron chi connectivity index (χ2n) is 4.45. The van der Waals surface area contributed by atoms with Crippen molar-refractivity contribution in [2.75, 3.05) is 5.75 Å². The van der Waals surface area contributed by atoms with Crippen LogP contribution in [0.3, 0.4) is 0 Å². The molecule has 0 saturated heterocycles. The summed E-state index contributed by atoms with van der Waals surface area (Å²) in [5.74, 6) is -0.939. The molecule has 0 aliphatic heterocycles. The third-order valence-corrected chi connectivity index (χ3v) is 3.90. The minimum Gasteiger partial charge on any atom is -0.481 e. The first-order valence-electron chi connectivity index (χ1n) is 6.21. The summed E-state index contributed by atoms with van der Waals surface area (Å²) < 4.78 is 6.69. The molecule has 0 aliphatic rings. The summed E-state index contributed by atoms with van der Waals surface area (Å²) in [7, 11) is 0. The van der Waals surface area contributed by atoms with Gasteiger partial charge in [0.15, 0.2) is 10.8 Å². The van der Waals surface area contributed by atoms with Crippen LogP contribution in [0, 0.1) is 6.92 Å². The molecule has 1 N–H and O–H groups in total. The third kappa shape index (κ3) is 2.75. The molecule has 3 rings (SSSR count). The molecule has 0 saturated carbocycles. The van der Waals surface area contributed by atoms with E-state index < -0.39 is 5.97 Å². The van der Waals surface area contributed by atoms with Crippen molar-refractivity contribution in [1.29, 1.82) is 0 Å². The number of pyridine rings is 1. The normalized spacial score (nSPS) is 11.1. The number of aromatic nitrogens is 4. The molecule has 3 aromatic rings. The fraction of sp³-hybridized carbons (Fsp3) is 0.231.